The van der Waals surface area contributed by atoms with Crippen LogP contribution in [0.15, 0.2) is 60.7 Å². The Hall–Kier alpha value is -1.57. The first kappa shape index (κ1) is 28.7. The van der Waals surface area contributed by atoms with Crippen LogP contribution in [0.1, 0.15) is 34.6 Å². The van der Waals surface area contributed by atoms with Gasteiger partial charge in [0, 0.05) is 12.0 Å². The molecule has 1 N–H and O–H groups in total. The van der Waals surface area contributed by atoms with E-state index in [0.29, 0.717) is 0 Å². The Morgan fingerprint density at radius 3 is 1.68 bits per heavy atom. The lowest BCUT2D eigenvalue weighted by Crippen LogP contribution is -2.68. The molecule has 3 atom stereocenters. The molecule has 0 aromatic heterocycles. The van der Waals surface area contributed by atoms with Crippen LogP contribution in [0, 0.1) is 5.92 Å². The number of hydrogen-bond acceptors (Lipinski definition) is 4. The van der Waals surface area contributed by atoms with Gasteiger partial charge in [-0.3, -0.25) is 4.79 Å². The van der Waals surface area contributed by atoms with Crippen LogP contribution in [-0.4, -0.2) is 43.2 Å². The predicted octanol–water partition coefficient (Wildman–Crippen LogP) is 4.62. The smallest absolute Gasteiger partial charge is 0.328 e. The lowest BCUT2D eigenvalue weighted by molar-refractivity contribution is -0.147. The molecule has 186 valence electrons. The van der Waals surface area contributed by atoms with E-state index in [1.165, 1.54) is 7.11 Å². The maximum absolute atomic E-state index is 12.6. The van der Waals surface area contributed by atoms with Crippen LogP contribution in [0.3, 0.4) is 0 Å². The molecule has 0 heterocycles. The normalized spacial score (nSPS) is 15.2. The molecule has 2 aromatic carbocycles. The van der Waals surface area contributed by atoms with Crippen LogP contribution >= 0.6 is 34.8 Å². The van der Waals surface area contributed by atoms with Crippen LogP contribution in [0.25, 0.3) is 0 Å². The molecule has 0 radical (unpaired) electrons. The second kappa shape index (κ2) is 11.4. The van der Waals surface area contributed by atoms with Gasteiger partial charge in [0.1, 0.15) is 6.04 Å². The molecular formula is C25H32Cl3NO4Si. The number of halogens is 3. The highest BCUT2D eigenvalue weighted by Crippen LogP contribution is 2.38. The van der Waals surface area contributed by atoms with Gasteiger partial charge in [-0.15, -0.1) is 0 Å². The van der Waals surface area contributed by atoms with Crippen LogP contribution < -0.4 is 15.7 Å². The van der Waals surface area contributed by atoms with Gasteiger partial charge in [-0.05, 0) is 22.3 Å². The zero-order valence-electron chi connectivity index (χ0n) is 20.3. The third-order valence-electron chi connectivity index (χ3n) is 6.04. The van der Waals surface area contributed by atoms with Gasteiger partial charge in [0.2, 0.25) is 0 Å². The maximum atomic E-state index is 12.6. The summed E-state index contributed by atoms with van der Waals surface area (Å²) in [6.07, 6.45) is -0.467. The largest absolute Gasteiger partial charge is 0.467 e. The van der Waals surface area contributed by atoms with Gasteiger partial charge in [-0.25, -0.2) is 4.79 Å². The Balaban J connectivity index is 2.55. The van der Waals surface area contributed by atoms with Crippen LogP contribution in [0.2, 0.25) is 5.04 Å². The van der Waals surface area contributed by atoms with Crippen molar-refractivity contribution in [2.24, 2.45) is 5.92 Å². The number of alkyl halides is 3. The second-order valence-corrected chi connectivity index (χ2v) is 15.9. The van der Waals surface area contributed by atoms with Crippen molar-refractivity contribution in [2.75, 3.05) is 7.11 Å². The fourth-order valence-corrected chi connectivity index (χ4v) is 9.05. The molecule has 0 aliphatic rings. The number of nitrogens with one attached hydrogen (secondary N) is 1. The molecule has 34 heavy (non-hydrogen) atoms. The van der Waals surface area contributed by atoms with Gasteiger partial charge < -0.3 is 14.5 Å². The molecule has 0 saturated carbocycles. The summed E-state index contributed by atoms with van der Waals surface area (Å²) in [4.78, 5) is 25.0. The Morgan fingerprint density at radius 2 is 1.32 bits per heavy atom. The van der Waals surface area contributed by atoms with Gasteiger partial charge in [-0.2, -0.15) is 0 Å². The van der Waals surface area contributed by atoms with Gasteiger partial charge in [0.15, 0.2) is 0 Å². The van der Waals surface area contributed by atoms with E-state index in [1.807, 2.05) is 50.2 Å². The van der Waals surface area contributed by atoms with Crippen molar-refractivity contribution in [3.8, 4) is 0 Å². The van der Waals surface area contributed by atoms with Crippen molar-refractivity contribution in [1.29, 1.82) is 0 Å². The highest BCUT2D eigenvalue weighted by Gasteiger charge is 2.52. The quantitative estimate of drug-likeness (QED) is 0.299. The van der Waals surface area contributed by atoms with Gasteiger partial charge in [-0.1, -0.05) is 123 Å². The summed E-state index contributed by atoms with van der Waals surface area (Å²) < 4.78 is 9.78. The molecule has 0 aliphatic carbocycles. The van der Waals surface area contributed by atoms with Crippen LogP contribution in [-0.2, 0) is 18.8 Å². The van der Waals surface area contributed by atoms with E-state index in [4.69, 9.17) is 44.0 Å². The minimum absolute atomic E-state index is 0.259. The van der Waals surface area contributed by atoms with Crippen molar-refractivity contribution < 1.29 is 18.8 Å². The summed E-state index contributed by atoms with van der Waals surface area (Å²) in [5.74, 6) is -2.05. The first-order valence-corrected chi connectivity index (χ1v) is 14.0. The molecule has 0 unspecified atom stereocenters. The standard InChI is InChI=1S/C25H32Cl3NO4Si/c1-17(21(22(30)32-6)29-23(31)25(26,27)28)18(2)33-34(24(3,4)5,19-13-9-7-10-14-19)20-15-11-8-12-16-20/h7-18,21H,1-6H3,(H,29,31)/t17-,18-,21+/m1/s1. The van der Waals surface area contributed by atoms with Crippen LogP contribution in [0.5, 0.6) is 0 Å². The number of hydrogen-bond donors (Lipinski definition) is 1. The molecule has 9 heteroatoms. The fourth-order valence-electron chi connectivity index (χ4n) is 4.10. The monoisotopic (exact) mass is 543 g/mol. The van der Waals surface area contributed by atoms with E-state index in [9.17, 15) is 9.59 Å². The first-order chi connectivity index (χ1) is 15.8. The number of rotatable bonds is 8. The molecule has 2 rings (SSSR count). The summed E-state index contributed by atoms with van der Waals surface area (Å²) >= 11 is 17.2. The van der Waals surface area contributed by atoms with E-state index in [0.717, 1.165) is 10.4 Å². The highest BCUT2D eigenvalue weighted by atomic mass is 35.6. The molecule has 1 amide bonds. The van der Waals surface area contributed by atoms with Crippen LogP contribution in [0.4, 0.5) is 0 Å². The molecule has 0 aliphatic heterocycles. The van der Waals surface area contributed by atoms with Gasteiger partial charge in [0.05, 0.1) is 7.11 Å². The van der Waals surface area contributed by atoms with Crippen molar-refractivity contribution >= 4 is 65.4 Å². The van der Waals surface area contributed by atoms with Crippen molar-refractivity contribution in [2.45, 2.75) is 55.6 Å². The maximum Gasteiger partial charge on any atom is 0.328 e. The summed E-state index contributed by atoms with van der Waals surface area (Å²) in [7, 11) is -1.64. The summed E-state index contributed by atoms with van der Waals surface area (Å²) in [5, 5.41) is 4.47. The fraction of sp³-hybridized carbons (Fsp3) is 0.440. The zero-order chi connectivity index (χ0) is 25.7. The van der Waals surface area contributed by atoms with E-state index in [-0.39, 0.29) is 5.04 Å². The second-order valence-electron chi connectivity index (χ2n) is 9.32. The summed E-state index contributed by atoms with van der Waals surface area (Å²) in [6.45, 7) is 10.2. The Kier molecular flexibility index (Phi) is 9.65. The van der Waals surface area contributed by atoms with Crippen molar-refractivity contribution in [3.05, 3.63) is 60.7 Å². The first-order valence-electron chi connectivity index (χ1n) is 11.0. The Morgan fingerprint density at radius 1 is 0.882 bits per heavy atom. The third kappa shape index (κ3) is 6.35. The average Bonchev–Trinajstić information content (AvgIpc) is 2.79. The lowest BCUT2D eigenvalue weighted by Gasteiger charge is -2.46. The predicted molar refractivity (Wildman–Crippen MR) is 142 cm³/mol. The lowest BCUT2D eigenvalue weighted by atomic mass is 9.96. The topological polar surface area (TPSA) is 64.6 Å². The minimum atomic E-state index is -2.89. The van der Waals surface area contributed by atoms with Crippen molar-refractivity contribution in [1.82, 2.24) is 5.32 Å². The molecule has 0 spiro atoms. The molecule has 2 aromatic rings. The molecule has 5 nitrogen and oxygen atoms in total. The number of carbonyl (C=O) groups excluding carboxylic acids is 2. The zero-order valence-corrected chi connectivity index (χ0v) is 23.5. The number of methoxy groups -OCH3 is 1. The van der Waals surface area contributed by atoms with E-state index < -0.39 is 42.1 Å². The number of esters is 1. The van der Waals surface area contributed by atoms with Crippen molar-refractivity contribution in [3.63, 3.8) is 0 Å². The average molecular weight is 545 g/mol. The molecular weight excluding hydrogens is 513 g/mol. The van der Waals surface area contributed by atoms with Gasteiger partial charge >= 0.3 is 5.97 Å². The number of amides is 1. The minimum Gasteiger partial charge on any atom is -0.467 e. The SMILES string of the molecule is COC(=O)[C@@H](NC(=O)C(Cl)(Cl)Cl)[C@H](C)[C@@H](C)O[Si](c1ccccc1)(c1ccccc1)C(C)(C)C. The number of ether oxygens (including phenoxy) is 1. The number of benzene rings is 2. The molecule has 0 bridgehead atoms. The van der Waals surface area contributed by atoms with E-state index in [2.05, 4.69) is 50.4 Å². The van der Waals surface area contributed by atoms with E-state index >= 15 is 0 Å². The number of carbonyl (C=O) groups is 2. The summed E-state index contributed by atoms with van der Waals surface area (Å²) in [6, 6.07) is 19.2. The molecule has 0 fully saturated rings. The van der Waals surface area contributed by atoms with Gasteiger partial charge in [0.25, 0.3) is 18.0 Å². The van der Waals surface area contributed by atoms with E-state index in [1.54, 1.807) is 0 Å². The highest BCUT2D eigenvalue weighted by molar-refractivity contribution is 6.99. The Bertz CT molecular complexity index is 922. The molecule has 0 saturated heterocycles. The third-order valence-corrected chi connectivity index (χ3v) is 11.7. The summed E-state index contributed by atoms with van der Waals surface area (Å²) in [5.41, 5.74) is 0. The Labute approximate surface area is 218 Å².